The van der Waals surface area contributed by atoms with E-state index in [2.05, 4.69) is 5.32 Å². The number of esters is 1. The fourth-order valence-electron chi connectivity index (χ4n) is 5.27. The molecule has 0 bridgehead atoms. The first-order valence-electron chi connectivity index (χ1n) is 13.6. The first-order valence-corrected chi connectivity index (χ1v) is 15.2. The number of aryl methyl sites for hydroxylation is 1. The highest BCUT2D eigenvalue weighted by Gasteiger charge is 2.30. The molecule has 1 aliphatic carbocycles. The second kappa shape index (κ2) is 11.5. The van der Waals surface area contributed by atoms with Gasteiger partial charge in [0.1, 0.15) is 26.2 Å². The van der Waals surface area contributed by atoms with Crippen LogP contribution in [-0.4, -0.2) is 37.7 Å². The first-order chi connectivity index (χ1) is 20.4. The quantitative estimate of drug-likeness (QED) is 0.181. The minimum Gasteiger partial charge on any atom is -0.497 e. The predicted octanol–water partition coefficient (Wildman–Crippen LogP) is 7.21. The molecule has 214 valence electrons. The number of rotatable bonds is 8. The number of carbonyl (C=O) groups excluding carboxylic acids is 2. The predicted molar refractivity (Wildman–Crippen MR) is 168 cm³/mol. The van der Waals surface area contributed by atoms with Crippen molar-refractivity contribution in [3.8, 4) is 33.9 Å². The summed E-state index contributed by atoms with van der Waals surface area (Å²) >= 11 is 2.67. The number of benzene rings is 2. The molecule has 0 unspecified atom stereocenters. The maximum absolute atomic E-state index is 13.7. The molecule has 0 aliphatic heterocycles. The second-order valence-corrected chi connectivity index (χ2v) is 11.9. The van der Waals surface area contributed by atoms with Crippen LogP contribution in [0.5, 0.6) is 11.5 Å². The lowest BCUT2D eigenvalue weighted by Gasteiger charge is -2.10. The smallest absolute Gasteiger partial charge is 0.341 e. The van der Waals surface area contributed by atoms with Gasteiger partial charge in [0.2, 0.25) is 0 Å². The molecule has 3 N–H and O–H groups in total. The molecule has 5 aromatic rings. The van der Waals surface area contributed by atoms with Crippen molar-refractivity contribution in [1.29, 1.82) is 0 Å². The van der Waals surface area contributed by atoms with E-state index in [1.807, 2.05) is 54.6 Å². The summed E-state index contributed by atoms with van der Waals surface area (Å²) in [5, 5.41) is 4.18. The molecule has 2 aromatic carbocycles. The van der Waals surface area contributed by atoms with Crippen LogP contribution in [0.25, 0.3) is 32.6 Å². The van der Waals surface area contributed by atoms with Crippen LogP contribution in [0.4, 0.5) is 10.7 Å². The van der Waals surface area contributed by atoms with Crippen LogP contribution in [0.2, 0.25) is 0 Å². The number of amides is 1. The van der Waals surface area contributed by atoms with E-state index in [1.165, 1.54) is 22.7 Å². The SMILES string of the molecule is CCOC(=O)c1c(NC(=O)c2sc3nc(-c4ccc(OC)cc4)cc(-c4ccc(OC)cc4)c3c2N)sc2c1CCC2. The van der Waals surface area contributed by atoms with Gasteiger partial charge < -0.3 is 25.3 Å². The molecular weight excluding hydrogens is 571 g/mol. The van der Waals surface area contributed by atoms with E-state index in [0.717, 1.165) is 63.6 Å². The maximum Gasteiger partial charge on any atom is 0.341 e. The lowest BCUT2D eigenvalue weighted by atomic mass is 9.99. The molecule has 0 spiro atoms. The van der Waals surface area contributed by atoms with Crippen molar-refractivity contribution in [2.45, 2.75) is 26.2 Å². The minimum absolute atomic E-state index is 0.260. The van der Waals surface area contributed by atoms with E-state index >= 15 is 0 Å². The Morgan fingerprint density at radius 3 is 2.26 bits per heavy atom. The van der Waals surface area contributed by atoms with E-state index in [4.69, 9.17) is 24.9 Å². The van der Waals surface area contributed by atoms with Crippen LogP contribution in [0.3, 0.4) is 0 Å². The van der Waals surface area contributed by atoms with Gasteiger partial charge in [0.05, 0.1) is 37.8 Å². The van der Waals surface area contributed by atoms with Crippen molar-refractivity contribution in [2.24, 2.45) is 0 Å². The van der Waals surface area contributed by atoms with Gasteiger partial charge in [0, 0.05) is 15.8 Å². The molecule has 1 amide bonds. The second-order valence-electron chi connectivity index (χ2n) is 9.77. The highest BCUT2D eigenvalue weighted by Crippen LogP contribution is 2.44. The summed E-state index contributed by atoms with van der Waals surface area (Å²) in [6, 6.07) is 17.3. The number of hydrogen-bond acceptors (Lipinski definition) is 9. The van der Waals surface area contributed by atoms with E-state index in [9.17, 15) is 9.59 Å². The summed E-state index contributed by atoms with van der Waals surface area (Å²) in [6.07, 6.45) is 2.67. The van der Waals surface area contributed by atoms with Crippen LogP contribution < -0.4 is 20.5 Å². The highest BCUT2D eigenvalue weighted by molar-refractivity contribution is 7.21. The van der Waals surface area contributed by atoms with Gasteiger partial charge in [-0.3, -0.25) is 4.79 Å². The third-order valence-corrected chi connectivity index (χ3v) is 9.63. The lowest BCUT2D eigenvalue weighted by Crippen LogP contribution is -2.15. The number of nitrogens with one attached hydrogen (secondary N) is 1. The normalized spacial score (nSPS) is 12.3. The molecule has 3 heterocycles. The van der Waals surface area contributed by atoms with Gasteiger partial charge >= 0.3 is 5.97 Å². The number of methoxy groups -OCH3 is 2. The number of carbonyl (C=O) groups is 2. The number of thiophene rings is 2. The number of nitrogens with two attached hydrogens (primary N) is 1. The number of hydrogen-bond donors (Lipinski definition) is 2. The van der Waals surface area contributed by atoms with E-state index in [0.29, 0.717) is 31.3 Å². The van der Waals surface area contributed by atoms with Gasteiger partial charge in [-0.2, -0.15) is 0 Å². The molecule has 3 aromatic heterocycles. The molecule has 0 saturated carbocycles. The third kappa shape index (κ3) is 4.97. The zero-order valence-corrected chi connectivity index (χ0v) is 25.0. The van der Waals surface area contributed by atoms with Crippen LogP contribution in [-0.2, 0) is 17.6 Å². The van der Waals surface area contributed by atoms with Crippen molar-refractivity contribution < 1.29 is 23.8 Å². The van der Waals surface area contributed by atoms with Crippen molar-refractivity contribution >= 4 is 55.5 Å². The Morgan fingerprint density at radius 1 is 0.952 bits per heavy atom. The number of nitrogen functional groups attached to an aromatic ring is 1. The average molecular weight is 600 g/mol. The van der Waals surface area contributed by atoms with Crippen LogP contribution in [0.1, 0.15) is 43.8 Å². The average Bonchev–Trinajstić information content (AvgIpc) is 3.70. The van der Waals surface area contributed by atoms with Gasteiger partial charge in [-0.15, -0.1) is 22.7 Å². The number of nitrogens with zero attached hydrogens (tertiary/aromatic N) is 1. The Balaban J connectivity index is 1.45. The van der Waals surface area contributed by atoms with E-state index in [1.54, 1.807) is 21.1 Å². The summed E-state index contributed by atoms with van der Waals surface area (Å²) in [7, 11) is 3.25. The summed E-state index contributed by atoms with van der Waals surface area (Å²) in [4.78, 5) is 33.6. The summed E-state index contributed by atoms with van der Waals surface area (Å²) in [6.45, 7) is 2.03. The minimum atomic E-state index is -0.413. The van der Waals surface area contributed by atoms with E-state index in [-0.39, 0.29) is 12.5 Å². The molecule has 0 atom stereocenters. The lowest BCUT2D eigenvalue weighted by molar-refractivity contribution is 0.0527. The fourth-order valence-corrected chi connectivity index (χ4v) is 7.56. The van der Waals surface area contributed by atoms with Gasteiger partial charge in [-0.25, -0.2) is 9.78 Å². The largest absolute Gasteiger partial charge is 0.497 e. The maximum atomic E-state index is 13.7. The fraction of sp³-hybridized carbons (Fsp3) is 0.219. The van der Waals surface area contributed by atoms with Crippen LogP contribution in [0.15, 0.2) is 54.6 Å². The summed E-state index contributed by atoms with van der Waals surface area (Å²) in [5.41, 5.74) is 11.9. The third-order valence-electron chi connectivity index (χ3n) is 7.32. The Labute approximate surface area is 251 Å². The Kier molecular flexibility index (Phi) is 7.57. The molecule has 1 aliphatic rings. The summed E-state index contributed by atoms with van der Waals surface area (Å²) < 4.78 is 16.0. The van der Waals surface area contributed by atoms with Gasteiger partial charge in [-0.05, 0) is 85.3 Å². The summed E-state index contributed by atoms with van der Waals surface area (Å²) in [5.74, 6) is 0.686. The van der Waals surface area contributed by atoms with Gasteiger partial charge in [0.25, 0.3) is 5.91 Å². The van der Waals surface area contributed by atoms with Crippen molar-refractivity contribution in [2.75, 3.05) is 31.9 Å². The zero-order chi connectivity index (χ0) is 29.4. The highest BCUT2D eigenvalue weighted by atomic mass is 32.1. The Bertz CT molecular complexity index is 1810. The molecule has 8 nitrogen and oxygen atoms in total. The molecule has 0 fully saturated rings. The molecule has 42 heavy (non-hydrogen) atoms. The zero-order valence-electron chi connectivity index (χ0n) is 23.4. The van der Waals surface area contributed by atoms with E-state index < -0.39 is 5.97 Å². The van der Waals surface area contributed by atoms with Crippen molar-refractivity contribution in [3.63, 3.8) is 0 Å². The number of fused-ring (bicyclic) bond motifs is 2. The standard InChI is InChI=1S/C32H29N3O5S2/c1-4-40-32(37)26-21-6-5-7-24(21)41-31(26)35-29(36)28-27(33)25-22(17-8-12-19(38-2)13-9-17)16-23(34-30(25)42-28)18-10-14-20(39-3)15-11-18/h8-16H,4-7,33H2,1-3H3,(H,35,36). The topological polar surface area (TPSA) is 113 Å². The number of anilines is 2. The number of ether oxygens (including phenoxy) is 3. The van der Waals surface area contributed by atoms with Crippen molar-refractivity contribution in [1.82, 2.24) is 4.98 Å². The first kappa shape index (κ1) is 27.7. The molecule has 0 radical (unpaired) electrons. The van der Waals surface area contributed by atoms with Crippen LogP contribution >= 0.6 is 22.7 Å². The number of aromatic nitrogens is 1. The van der Waals surface area contributed by atoms with Gasteiger partial charge in [0.15, 0.2) is 0 Å². The van der Waals surface area contributed by atoms with Crippen molar-refractivity contribution in [3.05, 3.63) is 75.5 Å². The molecule has 6 rings (SSSR count). The molecule has 0 saturated heterocycles. The molecule has 10 heteroatoms. The van der Waals surface area contributed by atoms with Crippen LogP contribution in [0, 0.1) is 0 Å². The monoisotopic (exact) mass is 599 g/mol. The Hall–Kier alpha value is -4.41. The van der Waals surface area contributed by atoms with Gasteiger partial charge in [-0.1, -0.05) is 12.1 Å². The number of pyridine rings is 1. The Morgan fingerprint density at radius 2 is 1.62 bits per heavy atom. The molecular formula is C32H29N3O5S2.